The molecule has 2 saturated heterocycles. The van der Waals surface area contributed by atoms with E-state index in [2.05, 4.69) is 15.2 Å². The molecule has 2 atom stereocenters. The van der Waals surface area contributed by atoms with E-state index in [1.807, 2.05) is 11.4 Å². The summed E-state index contributed by atoms with van der Waals surface area (Å²) in [6, 6.07) is 5.13. The van der Waals surface area contributed by atoms with Gasteiger partial charge in [0.2, 0.25) is 0 Å². The maximum absolute atomic E-state index is 12.4. The van der Waals surface area contributed by atoms with Gasteiger partial charge in [0.25, 0.3) is 6.01 Å². The van der Waals surface area contributed by atoms with E-state index in [9.17, 15) is 4.79 Å². The van der Waals surface area contributed by atoms with Gasteiger partial charge in [-0.05, 0) is 31.9 Å². The Morgan fingerprint density at radius 2 is 2.19 bits per heavy atom. The Balaban J connectivity index is 1.62. The van der Waals surface area contributed by atoms with Crippen molar-refractivity contribution in [2.24, 2.45) is 0 Å². The van der Waals surface area contributed by atoms with Crippen LogP contribution in [0.4, 0.5) is 6.01 Å². The maximum Gasteiger partial charge on any atom is 0.340 e. The molecule has 1 N–H and O–H groups in total. The van der Waals surface area contributed by atoms with Gasteiger partial charge >= 0.3 is 5.97 Å². The van der Waals surface area contributed by atoms with Gasteiger partial charge in [0, 0.05) is 36.8 Å². The van der Waals surface area contributed by atoms with E-state index in [0.717, 1.165) is 23.7 Å². The highest BCUT2D eigenvalue weighted by Gasteiger charge is 2.34. The Kier molecular flexibility index (Phi) is 4.09. The van der Waals surface area contributed by atoms with Gasteiger partial charge < -0.3 is 19.4 Å². The SMILES string of the molecule is CCOC(=O)c1ccc(-c2nccs2)c2oc(N3CC4CCC(C3)N4)nc12. The number of oxazole rings is 1. The Morgan fingerprint density at radius 1 is 1.37 bits per heavy atom. The molecule has 2 unspecified atom stereocenters. The van der Waals surface area contributed by atoms with Gasteiger partial charge in [0.1, 0.15) is 10.5 Å². The fraction of sp³-hybridized carbons (Fsp3) is 0.421. The summed E-state index contributed by atoms with van der Waals surface area (Å²) in [6.45, 7) is 3.85. The number of piperazine rings is 1. The lowest BCUT2D eigenvalue weighted by Gasteiger charge is -2.31. The predicted octanol–water partition coefficient (Wildman–Crippen LogP) is 3.07. The van der Waals surface area contributed by atoms with E-state index >= 15 is 0 Å². The summed E-state index contributed by atoms with van der Waals surface area (Å²) >= 11 is 1.53. The van der Waals surface area contributed by atoms with Crippen molar-refractivity contribution in [3.05, 3.63) is 29.3 Å². The number of fused-ring (bicyclic) bond motifs is 3. The number of nitrogens with zero attached hydrogens (tertiary/aromatic N) is 3. The van der Waals surface area contributed by atoms with Crippen LogP contribution in [0.15, 0.2) is 28.1 Å². The van der Waals surface area contributed by atoms with Crippen LogP contribution in [0.5, 0.6) is 0 Å². The standard InChI is InChI=1S/C19H20N4O3S/c1-2-25-18(24)13-5-6-14(17-20-7-8-27-17)16-15(13)22-19(26-16)23-9-11-3-4-12(10-23)21-11/h5-8,11-12,21H,2-4,9-10H2,1H3. The fourth-order valence-corrected chi connectivity index (χ4v) is 4.64. The van der Waals surface area contributed by atoms with Gasteiger partial charge in [0.05, 0.1) is 17.7 Å². The minimum Gasteiger partial charge on any atom is -0.462 e. The molecule has 2 aromatic heterocycles. The van der Waals surface area contributed by atoms with Crippen molar-refractivity contribution >= 4 is 34.4 Å². The zero-order valence-corrected chi connectivity index (χ0v) is 15.8. The van der Waals surface area contributed by atoms with Crippen molar-refractivity contribution in [3.63, 3.8) is 0 Å². The number of anilines is 1. The molecule has 27 heavy (non-hydrogen) atoms. The van der Waals surface area contributed by atoms with Crippen LogP contribution in [0.2, 0.25) is 0 Å². The lowest BCUT2D eigenvalue weighted by Crippen LogP contribution is -2.51. The third-order valence-electron chi connectivity index (χ3n) is 5.18. The number of hydrogen-bond acceptors (Lipinski definition) is 8. The summed E-state index contributed by atoms with van der Waals surface area (Å²) in [5, 5.41) is 6.38. The molecule has 0 aliphatic carbocycles. The molecule has 8 heteroatoms. The van der Waals surface area contributed by atoms with Crippen LogP contribution in [0, 0.1) is 0 Å². The van der Waals surface area contributed by atoms with E-state index in [-0.39, 0.29) is 5.97 Å². The molecule has 2 bridgehead atoms. The number of ether oxygens (including phenoxy) is 1. The van der Waals surface area contributed by atoms with E-state index in [0.29, 0.717) is 41.4 Å². The lowest BCUT2D eigenvalue weighted by molar-refractivity contribution is 0.0528. The number of esters is 1. The van der Waals surface area contributed by atoms with Gasteiger partial charge in [-0.25, -0.2) is 9.78 Å². The summed E-state index contributed by atoms with van der Waals surface area (Å²) in [6.07, 6.45) is 4.12. The number of carbonyl (C=O) groups is 1. The predicted molar refractivity (Wildman–Crippen MR) is 103 cm³/mol. The minimum absolute atomic E-state index is 0.320. The summed E-state index contributed by atoms with van der Waals surface area (Å²) in [5.74, 6) is -0.381. The minimum atomic E-state index is -0.381. The fourth-order valence-electron chi connectivity index (χ4n) is 3.98. The molecular weight excluding hydrogens is 364 g/mol. The monoisotopic (exact) mass is 384 g/mol. The molecule has 0 spiro atoms. The van der Waals surface area contributed by atoms with Crippen molar-refractivity contribution in [1.82, 2.24) is 15.3 Å². The Bertz CT molecular complexity index is 972. The van der Waals surface area contributed by atoms with Gasteiger partial charge in [-0.2, -0.15) is 4.98 Å². The van der Waals surface area contributed by atoms with E-state index in [1.54, 1.807) is 19.2 Å². The average Bonchev–Trinajstić information content (AvgIpc) is 3.41. The first-order valence-corrected chi connectivity index (χ1v) is 10.1. The summed E-state index contributed by atoms with van der Waals surface area (Å²) in [7, 11) is 0. The Labute approximate surface area is 160 Å². The number of hydrogen-bond donors (Lipinski definition) is 1. The van der Waals surface area contributed by atoms with Crippen LogP contribution in [-0.4, -0.2) is 47.7 Å². The first-order valence-electron chi connectivity index (χ1n) is 9.24. The second kappa shape index (κ2) is 6.61. The highest BCUT2D eigenvalue weighted by molar-refractivity contribution is 7.13. The normalized spacial score (nSPS) is 21.7. The topological polar surface area (TPSA) is 80.5 Å². The zero-order chi connectivity index (χ0) is 18.4. The number of benzene rings is 1. The van der Waals surface area contributed by atoms with Crippen LogP contribution in [0.3, 0.4) is 0 Å². The van der Waals surface area contributed by atoms with Crippen LogP contribution in [-0.2, 0) is 4.74 Å². The average molecular weight is 384 g/mol. The number of thiazole rings is 1. The Hall–Kier alpha value is -2.45. The summed E-state index contributed by atoms with van der Waals surface area (Å²) in [5.41, 5.74) is 2.42. The summed E-state index contributed by atoms with van der Waals surface area (Å²) < 4.78 is 11.4. The second-order valence-electron chi connectivity index (χ2n) is 6.94. The van der Waals surface area contributed by atoms with Crippen LogP contribution in [0.1, 0.15) is 30.1 Å². The van der Waals surface area contributed by atoms with E-state index in [4.69, 9.17) is 14.1 Å². The molecule has 5 rings (SSSR count). The van der Waals surface area contributed by atoms with E-state index < -0.39 is 0 Å². The second-order valence-corrected chi connectivity index (χ2v) is 7.83. The van der Waals surface area contributed by atoms with Gasteiger partial charge in [-0.1, -0.05) is 0 Å². The number of nitrogens with one attached hydrogen (secondary N) is 1. The molecule has 0 radical (unpaired) electrons. The highest BCUT2D eigenvalue weighted by Crippen LogP contribution is 2.36. The molecule has 0 saturated carbocycles. The van der Waals surface area contributed by atoms with E-state index in [1.165, 1.54) is 24.2 Å². The first-order chi connectivity index (χ1) is 13.2. The highest BCUT2D eigenvalue weighted by atomic mass is 32.1. The number of aromatic nitrogens is 2. The quantitative estimate of drug-likeness (QED) is 0.693. The maximum atomic E-state index is 12.4. The first kappa shape index (κ1) is 16.7. The van der Waals surface area contributed by atoms with Crippen molar-refractivity contribution in [2.75, 3.05) is 24.6 Å². The third-order valence-corrected chi connectivity index (χ3v) is 5.98. The number of rotatable bonds is 4. The summed E-state index contributed by atoms with van der Waals surface area (Å²) in [4.78, 5) is 23.7. The van der Waals surface area contributed by atoms with Crippen molar-refractivity contribution in [2.45, 2.75) is 31.8 Å². The molecule has 0 amide bonds. The van der Waals surface area contributed by atoms with Crippen LogP contribution >= 0.6 is 11.3 Å². The molecule has 2 fully saturated rings. The molecule has 2 aliphatic heterocycles. The molecule has 140 valence electrons. The van der Waals surface area contributed by atoms with Crippen molar-refractivity contribution in [1.29, 1.82) is 0 Å². The molecule has 2 aliphatic rings. The van der Waals surface area contributed by atoms with Crippen LogP contribution in [0.25, 0.3) is 21.7 Å². The molecule has 1 aromatic carbocycles. The smallest absolute Gasteiger partial charge is 0.340 e. The molecule has 7 nitrogen and oxygen atoms in total. The number of carbonyl (C=O) groups excluding carboxylic acids is 1. The molecule has 4 heterocycles. The Morgan fingerprint density at radius 3 is 2.89 bits per heavy atom. The van der Waals surface area contributed by atoms with Gasteiger partial charge in [0.15, 0.2) is 5.58 Å². The third kappa shape index (κ3) is 2.89. The largest absolute Gasteiger partial charge is 0.462 e. The zero-order valence-electron chi connectivity index (χ0n) is 15.0. The van der Waals surface area contributed by atoms with Crippen molar-refractivity contribution < 1.29 is 13.9 Å². The van der Waals surface area contributed by atoms with Crippen LogP contribution < -0.4 is 10.2 Å². The molecular formula is C19H20N4O3S. The van der Waals surface area contributed by atoms with Gasteiger partial charge in [-0.15, -0.1) is 11.3 Å². The van der Waals surface area contributed by atoms with Gasteiger partial charge in [-0.3, -0.25) is 0 Å². The van der Waals surface area contributed by atoms with Crippen molar-refractivity contribution in [3.8, 4) is 10.6 Å². The molecule has 3 aromatic rings. The lowest BCUT2D eigenvalue weighted by atomic mass is 10.1.